The summed E-state index contributed by atoms with van der Waals surface area (Å²) in [4.78, 5) is 0. The summed E-state index contributed by atoms with van der Waals surface area (Å²) in [6.07, 6.45) is 0. The third kappa shape index (κ3) is 4.15. The molecule has 0 aliphatic rings. The van der Waals surface area contributed by atoms with E-state index in [1.165, 1.54) is 15.9 Å². The van der Waals surface area contributed by atoms with Crippen molar-refractivity contribution in [1.29, 1.82) is 0 Å². The summed E-state index contributed by atoms with van der Waals surface area (Å²) in [5.74, 6) is 0. The summed E-state index contributed by atoms with van der Waals surface area (Å²) in [6, 6.07) is 32.3. The van der Waals surface area contributed by atoms with Crippen molar-refractivity contribution in [3.8, 4) is 0 Å². The third-order valence-corrected chi connectivity index (χ3v) is 5.49. The molecule has 1 nitrogen and oxygen atoms in total. The second-order valence-electron chi connectivity index (χ2n) is 4.34. The third-order valence-electron chi connectivity index (χ3n) is 3.04. The van der Waals surface area contributed by atoms with Gasteiger partial charge in [0, 0.05) is 0 Å². The summed E-state index contributed by atoms with van der Waals surface area (Å²) < 4.78 is 0. The molecule has 0 heterocycles. The molecule has 3 aromatic rings. The maximum atomic E-state index is 2.23. The highest BCUT2D eigenvalue weighted by Crippen LogP contribution is 2.32. The fourth-order valence-corrected chi connectivity index (χ4v) is 4.48. The highest BCUT2D eigenvalue weighted by molar-refractivity contribution is 7.79. The highest BCUT2D eigenvalue weighted by atomic mass is 35.5. The maximum absolute atomic E-state index is 2.23. The molecule has 1 N–H and O–H groups in total. The van der Waals surface area contributed by atoms with E-state index in [0.29, 0.717) is 0 Å². The molecule has 0 bridgehead atoms. The van der Waals surface area contributed by atoms with Crippen molar-refractivity contribution in [2.45, 2.75) is 0 Å². The summed E-state index contributed by atoms with van der Waals surface area (Å²) in [5.41, 5.74) is 0. The first-order valence-corrected chi connectivity index (χ1v) is 7.74. The fourth-order valence-electron chi connectivity index (χ4n) is 2.18. The van der Waals surface area contributed by atoms with Gasteiger partial charge < -0.3 is 17.9 Å². The molecular formula is C18H16ClOP-2. The van der Waals surface area contributed by atoms with Crippen LogP contribution in [0.15, 0.2) is 91.0 Å². The molecular weight excluding hydrogens is 299 g/mol. The fraction of sp³-hybridized carbons (Fsp3) is 0. The van der Waals surface area contributed by atoms with Gasteiger partial charge in [-0.2, -0.15) is 0 Å². The summed E-state index contributed by atoms with van der Waals surface area (Å²) in [7, 11) is -0.446. The molecule has 0 aliphatic carbocycles. The molecule has 21 heavy (non-hydrogen) atoms. The van der Waals surface area contributed by atoms with Gasteiger partial charge in [-0.15, -0.1) is 0 Å². The number of halogens is 1. The van der Waals surface area contributed by atoms with Gasteiger partial charge in [-0.05, 0) is 23.8 Å². The smallest absolute Gasteiger partial charge is 0.0134 e. The van der Waals surface area contributed by atoms with Gasteiger partial charge in [0.2, 0.25) is 0 Å². The average molecular weight is 315 g/mol. The molecule has 108 valence electrons. The van der Waals surface area contributed by atoms with Gasteiger partial charge in [0.25, 0.3) is 0 Å². The van der Waals surface area contributed by atoms with Crippen molar-refractivity contribution < 1.29 is 17.9 Å². The van der Waals surface area contributed by atoms with Crippen LogP contribution in [0.4, 0.5) is 0 Å². The number of rotatable bonds is 3. The van der Waals surface area contributed by atoms with Gasteiger partial charge in [-0.1, -0.05) is 91.0 Å². The Morgan fingerprint density at radius 3 is 0.905 bits per heavy atom. The van der Waals surface area contributed by atoms with E-state index in [2.05, 4.69) is 91.0 Å². The zero-order valence-electron chi connectivity index (χ0n) is 11.4. The van der Waals surface area contributed by atoms with Gasteiger partial charge in [0.1, 0.15) is 0 Å². The van der Waals surface area contributed by atoms with Crippen LogP contribution in [0.1, 0.15) is 0 Å². The predicted molar refractivity (Wildman–Crippen MR) is 87.1 cm³/mol. The normalized spacial score (nSPS) is 9.57. The van der Waals surface area contributed by atoms with E-state index >= 15 is 0 Å². The molecule has 0 atom stereocenters. The van der Waals surface area contributed by atoms with Crippen LogP contribution in [0.5, 0.6) is 0 Å². The van der Waals surface area contributed by atoms with Crippen LogP contribution in [0.25, 0.3) is 0 Å². The number of benzene rings is 3. The van der Waals surface area contributed by atoms with Gasteiger partial charge in [-0.3, -0.25) is 0 Å². The lowest BCUT2D eigenvalue weighted by molar-refractivity contribution is -0.00000478. The summed E-state index contributed by atoms with van der Waals surface area (Å²) in [6.45, 7) is 0. The van der Waals surface area contributed by atoms with Crippen molar-refractivity contribution in [1.82, 2.24) is 0 Å². The molecule has 0 aliphatic heterocycles. The quantitative estimate of drug-likeness (QED) is 0.638. The van der Waals surface area contributed by atoms with Crippen LogP contribution < -0.4 is 28.3 Å². The molecule has 3 heteroatoms. The van der Waals surface area contributed by atoms with E-state index < -0.39 is 7.92 Å². The molecule has 0 fully saturated rings. The Morgan fingerprint density at radius 1 is 0.429 bits per heavy atom. The van der Waals surface area contributed by atoms with Crippen LogP contribution in [-0.4, -0.2) is 5.48 Å². The van der Waals surface area contributed by atoms with Crippen molar-refractivity contribution >= 4 is 23.8 Å². The molecule has 0 saturated carbocycles. The van der Waals surface area contributed by atoms with E-state index in [9.17, 15) is 0 Å². The van der Waals surface area contributed by atoms with Crippen LogP contribution >= 0.6 is 7.92 Å². The van der Waals surface area contributed by atoms with E-state index in [-0.39, 0.29) is 17.9 Å². The van der Waals surface area contributed by atoms with Crippen molar-refractivity contribution in [2.75, 3.05) is 0 Å². The number of hydrogen-bond donors (Lipinski definition) is 0. The van der Waals surface area contributed by atoms with Crippen LogP contribution in [0.2, 0.25) is 0 Å². The van der Waals surface area contributed by atoms with E-state index in [4.69, 9.17) is 0 Å². The van der Waals surface area contributed by atoms with E-state index in [1.807, 2.05) is 0 Å². The second-order valence-corrected chi connectivity index (χ2v) is 6.56. The lowest BCUT2D eigenvalue weighted by Crippen LogP contribution is -3.00. The summed E-state index contributed by atoms with van der Waals surface area (Å²) in [5, 5.41) is 4.19. The Hall–Kier alpha value is -1.66. The SMILES string of the molecule is [Cl-].[OH-].c1ccc(P(c2ccccc2)c2ccccc2)cc1. The first-order valence-electron chi connectivity index (χ1n) is 6.40. The Labute approximate surface area is 133 Å². The first kappa shape index (κ1) is 17.4. The van der Waals surface area contributed by atoms with Crippen molar-refractivity contribution in [3.05, 3.63) is 91.0 Å². The Kier molecular flexibility index (Phi) is 7.11. The molecule has 0 unspecified atom stereocenters. The highest BCUT2D eigenvalue weighted by Gasteiger charge is 2.14. The number of hydrogen-bond acceptors (Lipinski definition) is 1. The largest absolute Gasteiger partial charge is 1.00 e. The van der Waals surface area contributed by atoms with E-state index in [1.54, 1.807) is 0 Å². The Balaban J connectivity index is 0.00000110. The minimum absolute atomic E-state index is 0. The second kappa shape index (κ2) is 8.59. The predicted octanol–water partition coefficient (Wildman–Crippen LogP) is 0.272. The van der Waals surface area contributed by atoms with Crippen LogP contribution in [0, 0.1) is 0 Å². The van der Waals surface area contributed by atoms with Gasteiger partial charge >= 0.3 is 0 Å². The Bertz CT molecular complexity index is 535. The summed E-state index contributed by atoms with van der Waals surface area (Å²) >= 11 is 0. The monoisotopic (exact) mass is 314 g/mol. The van der Waals surface area contributed by atoms with Gasteiger partial charge in [0.05, 0.1) is 0 Å². The minimum atomic E-state index is -0.446. The standard InChI is InChI=1S/C18H15P.ClH.H2O/c1-4-10-16(11-5-1)19(17-12-6-2-7-13-17)18-14-8-3-9-15-18;;/h1-15H;1H;1H2/p-2. The van der Waals surface area contributed by atoms with Crippen LogP contribution in [-0.2, 0) is 0 Å². The molecule has 0 radical (unpaired) electrons. The molecule has 3 aromatic carbocycles. The van der Waals surface area contributed by atoms with Crippen LogP contribution in [0.3, 0.4) is 0 Å². The lowest BCUT2D eigenvalue weighted by atomic mass is 10.4. The average Bonchev–Trinajstić information content (AvgIpc) is 2.51. The maximum Gasteiger partial charge on any atom is -0.0134 e. The molecule has 3 rings (SSSR count). The topological polar surface area (TPSA) is 30.0 Å². The molecule has 0 aromatic heterocycles. The van der Waals surface area contributed by atoms with Crippen molar-refractivity contribution in [3.63, 3.8) is 0 Å². The molecule has 0 saturated heterocycles. The van der Waals surface area contributed by atoms with Gasteiger partial charge in [0.15, 0.2) is 0 Å². The zero-order valence-corrected chi connectivity index (χ0v) is 13.1. The van der Waals surface area contributed by atoms with E-state index in [0.717, 1.165) is 0 Å². The molecule has 0 amide bonds. The zero-order chi connectivity index (χ0) is 12.9. The first-order chi connectivity index (χ1) is 9.45. The Morgan fingerprint density at radius 2 is 0.667 bits per heavy atom. The van der Waals surface area contributed by atoms with Crippen molar-refractivity contribution in [2.24, 2.45) is 0 Å². The van der Waals surface area contributed by atoms with Gasteiger partial charge in [-0.25, -0.2) is 0 Å². The molecule has 0 spiro atoms. The minimum Gasteiger partial charge on any atom is -1.00 e. The lowest BCUT2D eigenvalue weighted by Gasteiger charge is -2.18.